The molecule has 0 saturated carbocycles. The Morgan fingerprint density at radius 2 is 0.800 bits per heavy atom. The van der Waals surface area contributed by atoms with Crippen molar-refractivity contribution < 1.29 is 10.2 Å². The maximum atomic E-state index is 9.59. The third-order valence-electron chi connectivity index (χ3n) is 2.63. The molecule has 2 rings (SSSR count). The van der Waals surface area contributed by atoms with Gasteiger partial charge in [-0.2, -0.15) is 0 Å². The quantitative estimate of drug-likeness (QED) is 0.619. The molecule has 0 aliphatic carbocycles. The molecule has 2 N–H and O–H groups in total. The number of rotatable bonds is 2. The average Bonchev–Trinajstić information content (AvgIpc) is 2.76. The van der Waals surface area contributed by atoms with E-state index < -0.39 is 0 Å². The molecule has 146 valence electrons. The highest BCUT2D eigenvalue weighted by Gasteiger charge is 2.01. The smallest absolute Gasteiger partial charge is 0.121 e. The fourth-order valence-corrected chi connectivity index (χ4v) is 1.60. The van der Waals surface area contributed by atoms with Crippen molar-refractivity contribution in [3.63, 3.8) is 0 Å². The van der Waals surface area contributed by atoms with E-state index in [1.807, 2.05) is 96.1 Å². The predicted octanol–water partition coefficient (Wildman–Crippen LogP) is 6.89. The number of phenols is 1. The summed E-state index contributed by atoms with van der Waals surface area (Å²) in [5.74, 6) is 0.484. The zero-order valence-corrected chi connectivity index (χ0v) is 18.0. The average molecular weight is 351 g/mol. The number of aromatic hydroxyl groups is 1. The Balaban J connectivity index is -0.000000134. The Morgan fingerprint density at radius 3 is 1.00 bits per heavy atom. The topological polar surface area (TPSA) is 40.5 Å². The van der Waals surface area contributed by atoms with Crippen LogP contribution in [0.1, 0.15) is 66.5 Å². The first-order chi connectivity index (χ1) is 12.3. The molecule has 0 aliphatic heterocycles. The standard InChI is InChI=1S/C10H14O.C6H6.3C2H6.CH4O/c1-3-8-6-5-7-9(4-2)10(8)11;1-2-4-6-5-3-1;4*1-2/h5-7,11H,3-4H2,1-2H3;1-6H;3*1-2H3;2H,1H3. The summed E-state index contributed by atoms with van der Waals surface area (Å²) in [6.45, 7) is 16.1. The number of aryl methyl sites for hydroxylation is 2. The molecule has 2 heteroatoms. The molecule has 0 bridgehead atoms. The molecule has 0 saturated heterocycles. The monoisotopic (exact) mass is 350 g/mol. The second-order valence-corrected chi connectivity index (χ2v) is 3.79. The predicted molar refractivity (Wildman–Crippen MR) is 115 cm³/mol. The van der Waals surface area contributed by atoms with Crippen LogP contribution < -0.4 is 0 Å². The summed E-state index contributed by atoms with van der Waals surface area (Å²) in [5.41, 5.74) is 2.09. The van der Waals surface area contributed by atoms with E-state index in [2.05, 4.69) is 13.8 Å². The summed E-state index contributed by atoms with van der Waals surface area (Å²) in [4.78, 5) is 0. The van der Waals surface area contributed by atoms with E-state index in [-0.39, 0.29) is 0 Å². The first kappa shape index (κ1) is 31.0. The van der Waals surface area contributed by atoms with Gasteiger partial charge in [0.1, 0.15) is 5.75 Å². The van der Waals surface area contributed by atoms with E-state index in [0.29, 0.717) is 5.75 Å². The number of para-hydroxylation sites is 1. The Morgan fingerprint density at radius 1 is 0.560 bits per heavy atom. The van der Waals surface area contributed by atoms with E-state index in [1.54, 1.807) is 0 Å². The van der Waals surface area contributed by atoms with Gasteiger partial charge in [0.2, 0.25) is 0 Å². The lowest BCUT2D eigenvalue weighted by atomic mass is 10.1. The van der Waals surface area contributed by atoms with Crippen molar-refractivity contribution in [3.8, 4) is 5.75 Å². The highest BCUT2D eigenvalue weighted by Crippen LogP contribution is 2.22. The van der Waals surface area contributed by atoms with Gasteiger partial charge in [-0.25, -0.2) is 0 Å². The Hall–Kier alpha value is -1.80. The number of aliphatic hydroxyl groups excluding tert-OH is 1. The molecule has 0 fully saturated rings. The third-order valence-corrected chi connectivity index (χ3v) is 2.63. The summed E-state index contributed by atoms with van der Waals surface area (Å²) < 4.78 is 0. The normalized spacial score (nSPS) is 7.28. The summed E-state index contributed by atoms with van der Waals surface area (Å²) in [6, 6.07) is 17.9. The Bertz CT molecular complexity index is 376. The van der Waals surface area contributed by atoms with Gasteiger partial charge >= 0.3 is 0 Å². The summed E-state index contributed by atoms with van der Waals surface area (Å²) in [6.07, 6.45) is 1.80. The van der Waals surface area contributed by atoms with Crippen molar-refractivity contribution in [2.24, 2.45) is 0 Å². The second-order valence-electron chi connectivity index (χ2n) is 3.79. The van der Waals surface area contributed by atoms with Gasteiger partial charge in [0.15, 0.2) is 0 Å². The molecule has 0 spiro atoms. The summed E-state index contributed by atoms with van der Waals surface area (Å²) in [7, 11) is 1.00. The molecular weight excluding hydrogens is 308 g/mol. The molecule has 0 unspecified atom stereocenters. The zero-order valence-electron chi connectivity index (χ0n) is 18.0. The van der Waals surface area contributed by atoms with E-state index >= 15 is 0 Å². The maximum absolute atomic E-state index is 9.59. The van der Waals surface area contributed by atoms with Crippen molar-refractivity contribution >= 4 is 0 Å². The van der Waals surface area contributed by atoms with Gasteiger partial charge in [-0.3, -0.25) is 0 Å². The fourth-order valence-electron chi connectivity index (χ4n) is 1.60. The highest BCUT2D eigenvalue weighted by molar-refractivity contribution is 5.40. The first-order valence-electron chi connectivity index (χ1n) is 9.54. The number of hydrogen-bond donors (Lipinski definition) is 2. The lowest BCUT2D eigenvalue weighted by Crippen LogP contribution is -1.86. The van der Waals surface area contributed by atoms with Gasteiger partial charge in [-0.1, -0.05) is 110 Å². The van der Waals surface area contributed by atoms with E-state index in [9.17, 15) is 5.11 Å². The molecular formula is C23H42O2. The van der Waals surface area contributed by atoms with Crippen molar-refractivity contribution in [2.75, 3.05) is 7.11 Å². The number of phenolic OH excluding ortho intramolecular Hbond substituents is 1. The van der Waals surface area contributed by atoms with Crippen LogP contribution in [0.4, 0.5) is 0 Å². The van der Waals surface area contributed by atoms with Crippen LogP contribution in [0.2, 0.25) is 0 Å². The third kappa shape index (κ3) is 18.4. The van der Waals surface area contributed by atoms with Gasteiger partial charge in [0.25, 0.3) is 0 Å². The molecule has 0 amide bonds. The molecule has 0 heterocycles. The minimum Gasteiger partial charge on any atom is -0.507 e. The first-order valence-corrected chi connectivity index (χ1v) is 9.54. The largest absolute Gasteiger partial charge is 0.507 e. The van der Waals surface area contributed by atoms with Crippen LogP contribution in [-0.2, 0) is 12.8 Å². The minimum atomic E-state index is 0.484. The number of aliphatic hydroxyl groups is 1. The van der Waals surface area contributed by atoms with Gasteiger partial charge in [-0.05, 0) is 24.0 Å². The van der Waals surface area contributed by atoms with Crippen LogP contribution in [0.5, 0.6) is 5.75 Å². The molecule has 0 radical (unpaired) electrons. The van der Waals surface area contributed by atoms with Gasteiger partial charge in [0, 0.05) is 7.11 Å². The lowest BCUT2D eigenvalue weighted by Gasteiger charge is -2.05. The number of benzene rings is 2. The van der Waals surface area contributed by atoms with E-state index in [4.69, 9.17) is 5.11 Å². The van der Waals surface area contributed by atoms with Crippen LogP contribution >= 0.6 is 0 Å². The van der Waals surface area contributed by atoms with Gasteiger partial charge in [-0.15, -0.1) is 0 Å². The lowest BCUT2D eigenvalue weighted by molar-refractivity contribution is 0.399. The Kier molecular flexibility index (Phi) is 37.4. The molecule has 25 heavy (non-hydrogen) atoms. The van der Waals surface area contributed by atoms with Crippen LogP contribution in [0.25, 0.3) is 0 Å². The van der Waals surface area contributed by atoms with Gasteiger partial charge in [0.05, 0.1) is 0 Å². The van der Waals surface area contributed by atoms with Crippen LogP contribution in [0.3, 0.4) is 0 Å². The number of hydrogen-bond acceptors (Lipinski definition) is 2. The molecule has 2 aromatic rings. The van der Waals surface area contributed by atoms with Crippen LogP contribution in [0.15, 0.2) is 54.6 Å². The molecule has 2 aromatic carbocycles. The molecule has 2 nitrogen and oxygen atoms in total. The molecule has 0 aromatic heterocycles. The van der Waals surface area contributed by atoms with Crippen molar-refractivity contribution in [1.29, 1.82) is 0 Å². The SMILES string of the molecule is CC.CC.CC.CCc1cccc(CC)c1O.CO.c1ccccc1. The van der Waals surface area contributed by atoms with Crippen LogP contribution in [0, 0.1) is 0 Å². The van der Waals surface area contributed by atoms with E-state index in [0.717, 1.165) is 31.1 Å². The second kappa shape index (κ2) is 30.1. The van der Waals surface area contributed by atoms with Crippen LogP contribution in [-0.4, -0.2) is 17.3 Å². The minimum absolute atomic E-state index is 0.484. The van der Waals surface area contributed by atoms with E-state index in [1.165, 1.54) is 0 Å². The fraction of sp³-hybridized carbons (Fsp3) is 0.478. The Labute approximate surface area is 157 Å². The maximum Gasteiger partial charge on any atom is 0.121 e. The molecule has 0 atom stereocenters. The van der Waals surface area contributed by atoms with Crippen molar-refractivity contribution in [1.82, 2.24) is 0 Å². The zero-order chi connectivity index (χ0) is 20.5. The van der Waals surface area contributed by atoms with Crippen molar-refractivity contribution in [2.45, 2.75) is 68.2 Å². The van der Waals surface area contributed by atoms with Crippen molar-refractivity contribution in [3.05, 3.63) is 65.7 Å². The summed E-state index contributed by atoms with van der Waals surface area (Å²) >= 11 is 0. The summed E-state index contributed by atoms with van der Waals surface area (Å²) in [5, 5.41) is 16.6. The molecule has 0 aliphatic rings. The van der Waals surface area contributed by atoms with Gasteiger partial charge < -0.3 is 10.2 Å². The highest BCUT2D eigenvalue weighted by atomic mass is 16.3.